The molecule has 204 valence electrons. The highest BCUT2D eigenvalue weighted by atomic mass is 16.2. The lowest BCUT2D eigenvalue weighted by atomic mass is 10.0. The lowest BCUT2D eigenvalue weighted by Gasteiger charge is -2.34. The van der Waals surface area contributed by atoms with Crippen LogP contribution in [-0.4, -0.2) is 58.1 Å². The van der Waals surface area contributed by atoms with Crippen LogP contribution in [0.25, 0.3) is 0 Å². The standard InChI is InChI=1S/C29H35N7O3/c1-7-24(37)30-21-15-13-20(14-16-21)27(38)32-26-22-17-36(29(2,3)25(22)33-35(26)6)28(39)31-23(18-34(4)5)19-11-9-8-10-12-19/h7-16,23H,1,17-18H2,2-6H3,(H,30,37)(H,31,39)(H,32,38)/t23-/m1/s1. The minimum absolute atomic E-state index is 0.193. The van der Waals surface area contributed by atoms with Crippen molar-refractivity contribution in [2.45, 2.75) is 32.0 Å². The fourth-order valence-electron chi connectivity index (χ4n) is 4.76. The van der Waals surface area contributed by atoms with E-state index >= 15 is 0 Å². The number of carbonyl (C=O) groups excluding carboxylic acids is 3. The quantitative estimate of drug-likeness (QED) is 0.384. The Morgan fingerprint density at radius 1 is 1.08 bits per heavy atom. The Morgan fingerprint density at radius 2 is 1.74 bits per heavy atom. The topological polar surface area (TPSA) is 112 Å². The summed E-state index contributed by atoms with van der Waals surface area (Å²) in [4.78, 5) is 42.0. The number of urea groups is 1. The van der Waals surface area contributed by atoms with Crippen LogP contribution < -0.4 is 16.0 Å². The van der Waals surface area contributed by atoms with E-state index in [1.165, 1.54) is 6.08 Å². The Hall–Kier alpha value is -4.44. The average molecular weight is 530 g/mol. The van der Waals surface area contributed by atoms with Crippen LogP contribution in [0.2, 0.25) is 0 Å². The van der Waals surface area contributed by atoms with Gasteiger partial charge >= 0.3 is 6.03 Å². The number of aromatic nitrogens is 2. The van der Waals surface area contributed by atoms with Crippen molar-refractivity contribution in [2.24, 2.45) is 7.05 Å². The molecule has 10 heteroatoms. The summed E-state index contributed by atoms with van der Waals surface area (Å²) in [5, 5.41) is 13.5. The van der Waals surface area contributed by atoms with Gasteiger partial charge in [0, 0.05) is 30.4 Å². The minimum atomic E-state index is -0.690. The number of likely N-dealkylation sites (N-methyl/N-ethyl adjacent to an activating group) is 1. The molecule has 0 fully saturated rings. The fraction of sp³-hybridized carbons (Fsp3) is 0.310. The predicted octanol–water partition coefficient (Wildman–Crippen LogP) is 3.86. The van der Waals surface area contributed by atoms with Crippen molar-refractivity contribution in [3.63, 3.8) is 0 Å². The molecule has 0 unspecified atom stereocenters. The Labute approximate surface area is 228 Å². The van der Waals surface area contributed by atoms with E-state index in [1.54, 1.807) is 40.9 Å². The van der Waals surface area contributed by atoms with Crippen molar-refractivity contribution in [3.8, 4) is 0 Å². The number of nitrogens with zero attached hydrogens (tertiary/aromatic N) is 4. The van der Waals surface area contributed by atoms with Gasteiger partial charge in [-0.25, -0.2) is 4.79 Å². The van der Waals surface area contributed by atoms with E-state index in [0.29, 0.717) is 30.2 Å². The molecule has 0 spiro atoms. The molecule has 3 aromatic rings. The summed E-state index contributed by atoms with van der Waals surface area (Å²) in [6, 6.07) is 16.0. The zero-order valence-electron chi connectivity index (χ0n) is 23.0. The normalized spacial score (nSPS) is 14.5. The molecule has 4 amide bonds. The number of benzene rings is 2. The van der Waals surface area contributed by atoms with Crippen molar-refractivity contribution in [1.82, 2.24) is 24.9 Å². The zero-order chi connectivity index (χ0) is 28.3. The fourth-order valence-corrected chi connectivity index (χ4v) is 4.76. The number of aryl methyl sites for hydroxylation is 1. The molecular formula is C29H35N7O3. The first-order valence-corrected chi connectivity index (χ1v) is 12.7. The van der Waals surface area contributed by atoms with Gasteiger partial charge in [-0.2, -0.15) is 5.10 Å². The van der Waals surface area contributed by atoms with Gasteiger partial charge in [-0.15, -0.1) is 0 Å². The van der Waals surface area contributed by atoms with E-state index in [4.69, 9.17) is 0 Å². The van der Waals surface area contributed by atoms with Crippen molar-refractivity contribution < 1.29 is 14.4 Å². The Morgan fingerprint density at radius 3 is 2.36 bits per heavy atom. The number of carbonyl (C=O) groups is 3. The van der Waals surface area contributed by atoms with Crippen LogP contribution in [0.4, 0.5) is 16.3 Å². The largest absolute Gasteiger partial charge is 0.330 e. The van der Waals surface area contributed by atoms with Crippen molar-refractivity contribution >= 4 is 29.4 Å². The molecule has 39 heavy (non-hydrogen) atoms. The second-order valence-corrected chi connectivity index (χ2v) is 10.3. The van der Waals surface area contributed by atoms with Gasteiger partial charge in [0.1, 0.15) is 5.82 Å². The molecule has 10 nitrogen and oxygen atoms in total. The second kappa shape index (κ2) is 11.1. The van der Waals surface area contributed by atoms with Gasteiger partial charge in [-0.3, -0.25) is 14.3 Å². The van der Waals surface area contributed by atoms with Crippen molar-refractivity contribution in [2.75, 3.05) is 31.3 Å². The summed E-state index contributed by atoms with van der Waals surface area (Å²) >= 11 is 0. The molecule has 1 aliphatic heterocycles. The minimum Gasteiger partial charge on any atom is -0.330 e. The molecule has 1 aliphatic rings. The summed E-state index contributed by atoms with van der Waals surface area (Å²) < 4.78 is 1.64. The molecule has 0 radical (unpaired) electrons. The number of hydrogen-bond acceptors (Lipinski definition) is 5. The van der Waals surface area contributed by atoms with Crippen LogP contribution in [0.5, 0.6) is 0 Å². The molecule has 3 N–H and O–H groups in total. The summed E-state index contributed by atoms with van der Waals surface area (Å²) in [6.45, 7) is 8.29. The van der Waals surface area contributed by atoms with Gasteiger partial charge in [0.05, 0.1) is 23.8 Å². The number of fused-ring (bicyclic) bond motifs is 1. The average Bonchev–Trinajstić information content (AvgIpc) is 3.35. The van der Waals surface area contributed by atoms with E-state index in [0.717, 1.165) is 16.8 Å². The van der Waals surface area contributed by atoms with Crippen LogP contribution in [-0.2, 0) is 23.9 Å². The zero-order valence-corrected chi connectivity index (χ0v) is 23.0. The maximum Gasteiger partial charge on any atom is 0.319 e. The number of rotatable bonds is 8. The van der Waals surface area contributed by atoms with E-state index < -0.39 is 5.54 Å². The number of amides is 4. The predicted molar refractivity (Wildman–Crippen MR) is 151 cm³/mol. The molecule has 2 heterocycles. The molecule has 0 saturated carbocycles. The second-order valence-electron chi connectivity index (χ2n) is 10.3. The highest BCUT2D eigenvalue weighted by Crippen LogP contribution is 2.41. The van der Waals surface area contributed by atoms with E-state index in [1.807, 2.05) is 63.2 Å². The molecule has 2 aromatic carbocycles. The van der Waals surface area contributed by atoms with Crippen molar-refractivity contribution in [1.29, 1.82) is 0 Å². The highest BCUT2D eigenvalue weighted by molar-refractivity contribution is 6.05. The van der Waals surface area contributed by atoms with Crippen LogP contribution >= 0.6 is 0 Å². The molecule has 0 aliphatic carbocycles. The lowest BCUT2D eigenvalue weighted by molar-refractivity contribution is -0.111. The molecule has 1 aromatic heterocycles. The third-order valence-corrected chi connectivity index (χ3v) is 6.84. The summed E-state index contributed by atoms with van der Waals surface area (Å²) in [5.74, 6) is -0.112. The van der Waals surface area contributed by atoms with E-state index in [2.05, 4.69) is 27.6 Å². The van der Waals surface area contributed by atoms with Gasteiger partial charge in [0.2, 0.25) is 5.91 Å². The monoisotopic (exact) mass is 529 g/mol. The summed E-state index contributed by atoms with van der Waals surface area (Å²) in [6.07, 6.45) is 1.18. The lowest BCUT2D eigenvalue weighted by Crippen LogP contribution is -2.48. The van der Waals surface area contributed by atoms with Crippen LogP contribution in [0.15, 0.2) is 67.3 Å². The maximum absolute atomic E-state index is 13.6. The van der Waals surface area contributed by atoms with Crippen molar-refractivity contribution in [3.05, 3.63) is 89.6 Å². The number of anilines is 2. The first kappa shape index (κ1) is 27.6. The van der Waals surface area contributed by atoms with Crippen LogP contribution in [0, 0.1) is 0 Å². The van der Waals surface area contributed by atoms with Crippen LogP contribution in [0.3, 0.4) is 0 Å². The Kier molecular flexibility index (Phi) is 7.87. The number of nitrogens with one attached hydrogen (secondary N) is 3. The number of hydrogen-bond donors (Lipinski definition) is 3. The molecule has 4 rings (SSSR count). The Balaban J connectivity index is 1.52. The van der Waals surface area contributed by atoms with Gasteiger partial charge in [-0.1, -0.05) is 36.9 Å². The van der Waals surface area contributed by atoms with Gasteiger partial charge in [-0.05, 0) is 63.8 Å². The summed E-state index contributed by atoms with van der Waals surface area (Å²) in [5.41, 5.74) is 2.85. The van der Waals surface area contributed by atoms with Gasteiger partial charge in [0.15, 0.2) is 0 Å². The SMILES string of the molecule is C=CC(=O)Nc1ccc(C(=O)Nc2c3c(nn2C)C(C)(C)N(C(=O)N[C@H](CN(C)C)c2ccccc2)C3)cc1. The van der Waals surface area contributed by atoms with E-state index in [9.17, 15) is 14.4 Å². The molecular weight excluding hydrogens is 494 g/mol. The highest BCUT2D eigenvalue weighted by Gasteiger charge is 2.45. The van der Waals surface area contributed by atoms with E-state index in [-0.39, 0.29) is 23.9 Å². The third-order valence-electron chi connectivity index (χ3n) is 6.84. The smallest absolute Gasteiger partial charge is 0.319 e. The Bertz CT molecular complexity index is 1380. The summed E-state index contributed by atoms with van der Waals surface area (Å²) in [7, 11) is 5.72. The first-order chi connectivity index (χ1) is 18.5. The maximum atomic E-state index is 13.6. The third kappa shape index (κ3) is 5.85. The van der Waals surface area contributed by atoms with Gasteiger partial charge in [0.25, 0.3) is 5.91 Å². The van der Waals surface area contributed by atoms with Gasteiger partial charge < -0.3 is 25.8 Å². The molecule has 0 bridgehead atoms. The molecule has 0 saturated heterocycles. The first-order valence-electron chi connectivity index (χ1n) is 12.7. The van der Waals surface area contributed by atoms with Crippen LogP contribution in [0.1, 0.15) is 47.1 Å². The molecule has 1 atom stereocenters.